The van der Waals surface area contributed by atoms with Gasteiger partial charge in [-0.2, -0.15) is 5.10 Å². The summed E-state index contributed by atoms with van der Waals surface area (Å²) in [5.41, 5.74) is 2.84. The van der Waals surface area contributed by atoms with E-state index in [1.807, 2.05) is 0 Å². The smallest absolute Gasteiger partial charge is 0.0766 e. The molecule has 0 aromatic carbocycles. The Bertz CT molecular complexity index is 418. The summed E-state index contributed by atoms with van der Waals surface area (Å²) in [5.74, 6) is 0. The molecule has 1 aromatic heterocycles. The Labute approximate surface area is 132 Å². The van der Waals surface area contributed by atoms with Gasteiger partial charge in [0.15, 0.2) is 0 Å². The number of aromatic nitrogens is 2. The van der Waals surface area contributed by atoms with Gasteiger partial charge in [-0.05, 0) is 47.7 Å². The van der Waals surface area contributed by atoms with Crippen LogP contribution in [0.25, 0.3) is 0 Å². The van der Waals surface area contributed by atoms with E-state index in [0.717, 1.165) is 25.9 Å². The maximum atomic E-state index is 4.70. The molecule has 0 saturated carbocycles. The van der Waals surface area contributed by atoms with Crippen molar-refractivity contribution in [1.29, 1.82) is 0 Å². The van der Waals surface area contributed by atoms with Gasteiger partial charge in [0.2, 0.25) is 0 Å². The van der Waals surface area contributed by atoms with E-state index in [1.54, 1.807) is 0 Å². The minimum atomic E-state index is 0.337. The van der Waals surface area contributed by atoms with Crippen LogP contribution >= 0.6 is 15.9 Å². The molecule has 1 unspecified atom stereocenters. The van der Waals surface area contributed by atoms with Crippen molar-refractivity contribution in [2.75, 3.05) is 6.54 Å². The fourth-order valence-electron chi connectivity index (χ4n) is 2.69. The van der Waals surface area contributed by atoms with Gasteiger partial charge in [-0.3, -0.25) is 4.68 Å². The largest absolute Gasteiger partial charge is 0.314 e. The van der Waals surface area contributed by atoms with Crippen LogP contribution in [-0.4, -0.2) is 22.4 Å². The Kier molecular flexibility index (Phi) is 6.73. The van der Waals surface area contributed by atoms with E-state index in [0.29, 0.717) is 11.5 Å². The van der Waals surface area contributed by atoms with Crippen LogP contribution in [0.3, 0.4) is 0 Å². The van der Waals surface area contributed by atoms with Crippen molar-refractivity contribution in [2.24, 2.45) is 5.41 Å². The molecule has 1 N–H and O–H groups in total. The van der Waals surface area contributed by atoms with Gasteiger partial charge in [-0.15, -0.1) is 0 Å². The van der Waals surface area contributed by atoms with Crippen molar-refractivity contribution in [3.63, 3.8) is 0 Å². The quantitative estimate of drug-likeness (QED) is 0.804. The molecule has 20 heavy (non-hydrogen) atoms. The Hall–Kier alpha value is -0.350. The van der Waals surface area contributed by atoms with E-state index < -0.39 is 0 Å². The molecule has 0 radical (unpaired) electrons. The number of likely N-dealkylation sites (N-methyl/N-ethyl adjacent to an activating group) is 1. The minimum Gasteiger partial charge on any atom is -0.314 e. The zero-order valence-corrected chi connectivity index (χ0v) is 15.5. The first kappa shape index (κ1) is 17.7. The lowest BCUT2D eigenvalue weighted by atomic mass is 9.86. The molecular weight excluding hydrogens is 314 g/mol. The van der Waals surface area contributed by atoms with Gasteiger partial charge in [0.25, 0.3) is 0 Å². The summed E-state index contributed by atoms with van der Waals surface area (Å²) < 4.78 is 3.36. The van der Waals surface area contributed by atoms with E-state index in [-0.39, 0.29) is 0 Å². The predicted molar refractivity (Wildman–Crippen MR) is 90.2 cm³/mol. The summed E-state index contributed by atoms with van der Waals surface area (Å²) in [7, 11) is 0. The molecule has 1 atom stereocenters. The normalized spacial score (nSPS) is 13.8. The molecule has 3 nitrogen and oxygen atoms in total. The number of nitrogens with zero attached hydrogens (tertiary/aromatic N) is 2. The summed E-state index contributed by atoms with van der Waals surface area (Å²) in [6, 6.07) is 0.503. The van der Waals surface area contributed by atoms with Gasteiger partial charge in [-0.1, -0.05) is 34.6 Å². The van der Waals surface area contributed by atoms with Gasteiger partial charge in [0.05, 0.1) is 15.9 Å². The van der Waals surface area contributed by atoms with E-state index in [9.17, 15) is 0 Å². The van der Waals surface area contributed by atoms with Crippen LogP contribution in [0.1, 0.15) is 59.4 Å². The van der Waals surface area contributed by atoms with Crippen LogP contribution in [0, 0.1) is 5.41 Å². The van der Waals surface area contributed by atoms with Crippen molar-refractivity contribution < 1.29 is 0 Å². The predicted octanol–water partition coefficient (Wildman–Crippen LogP) is 4.18. The number of aryl methyl sites for hydroxylation is 2. The molecule has 0 aliphatic carbocycles. The third-order valence-corrected chi connectivity index (χ3v) is 4.40. The lowest BCUT2D eigenvalue weighted by Gasteiger charge is -2.27. The second-order valence-corrected chi connectivity index (χ2v) is 7.39. The van der Waals surface area contributed by atoms with Crippen LogP contribution in [0.5, 0.6) is 0 Å². The zero-order chi connectivity index (χ0) is 15.3. The number of hydrogen-bond donors (Lipinski definition) is 1. The molecule has 0 amide bonds. The molecule has 0 aliphatic rings. The van der Waals surface area contributed by atoms with Crippen molar-refractivity contribution >= 4 is 15.9 Å². The monoisotopic (exact) mass is 343 g/mol. The highest BCUT2D eigenvalue weighted by atomic mass is 79.9. The summed E-state index contributed by atoms with van der Waals surface area (Å²) in [4.78, 5) is 0. The third-order valence-electron chi connectivity index (χ3n) is 3.49. The van der Waals surface area contributed by atoms with Crippen LogP contribution in [0.4, 0.5) is 0 Å². The first-order valence-electron chi connectivity index (χ1n) is 7.79. The summed E-state index contributed by atoms with van der Waals surface area (Å²) in [6.07, 6.45) is 3.18. The van der Waals surface area contributed by atoms with Gasteiger partial charge in [0.1, 0.15) is 0 Å². The van der Waals surface area contributed by atoms with Gasteiger partial charge in [0, 0.05) is 19.0 Å². The summed E-state index contributed by atoms with van der Waals surface area (Å²) >= 11 is 3.75. The maximum Gasteiger partial charge on any atom is 0.0766 e. The average Bonchev–Trinajstić information content (AvgIpc) is 2.64. The number of halogens is 1. The van der Waals surface area contributed by atoms with Crippen molar-refractivity contribution in [3.8, 4) is 0 Å². The fraction of sp³-hybridized carbons (Fsp3) is 0.812. The van der Waals surface area contributed by atoms with E-state index in [2.05, 4.69) is 67.5 Å². The molecule has 1 aromatic rings. The molecule has 0 aliphatic heterocycles. The van der Waals surface area contributed by atoms with E-state index >= 15 is 0 Å². The van der Waals surface area contributed by atoms with Gasteiger partial charge >= 0.3 is 0 Å². The third kappa shape index (κ3) is 4.88. The van der Waals surface area contributed by atoms with Crippen molar-refractivity contribution in [3.05, 3.63) is 15.9 Å². The molecule has 0 bridgehead atoms. The zero-order valence-electron chi connectivity index (χ0n) is 13.9. The fourth-order valence-corrected chi connectivity index (χ4v) is 3.42. The summed E-state index contributed by atoms with van der Waals surface area (Å²) in [6.45, 7) is 15.4. The summed E-state index contributed by atoms with van der Waals surface area (Å²) in [5, 5.41) is 8.33. The highest BCUT2D eigenvalue weighted by Gasteiger charge is 2.22. The molecule has 1 heterocycles. The first-order valence-corrected chi connectivity index (χ1v) is 8.59. The topological polar surface area (TPSA) is 29.9 Å². The molecule has 0 saturated heterocycles. The average molecular weight is 344 g/mol. The minimum absolute atomic E-state index is 0.337. The second kappa shape index (κ2) is 7.60. The molecule has 0 fully saturated rings. The highest BCUT2D eigenvalue weighted by molar-refractivity contribution is 9.10. The van der Waals surface area contributed by atoms with Crippen molar-refractivity contribution in [2.45, 2.75) is 73.4 Å². The van der Waals surface area contributed by atoms with Crippen LogP contribution in [0.2, 0.25) is 0 Å². The Morgan fingerprint density at radius 2 is 1.90 bits per heavy atom. The Morgan fingerprint density at radius 3 is 2.35 bits per heavy atom. The van der Waals surface area contributed by atoms with E-state index in [4.69, 9.17) is 5.10 Å². The van der Waals surface area contributed by atoms with Crippen LogP contribution in [-0.2, 0) is 19.4 Å². The molecular formula is C16H30BrN3. The first-order chi connectivity index (χ1) is 9.32. The number of rotatable bonds is 7. The lowest BCUT2D eigenvalue weighted by molar-refractivity contribution is 0.306. The standard InChI is InChI=1S/C16H30BrN3/c1-7-13-15(17)14(20(9-3)19-13)10-12(18-8-2)11-16(4,5)6/h12,18H,7-11H2,1-6H3. The van der Waals surface area contributed by atoms with Crippen LogP contribution in [0.15, 0.2) is 4.47 Å². The maximum absolute atomic E-state index is 4.70. The molecule has 1 rings (SSSR count). The molecule has 4 heteroatoms. The van der Waals surface area contributed by atoms with Crippen molar-refractivity contribution in [1.82, 2.24) is 15.1 Å². The van der Waals surface area contributed by atoms with Gasteiger partial charge in [-0.25, -0.2) is 0 Å². The van der Waals surface area contributed by atoms with E-state index in [1.165, 1.54) is 22.3 Å². The SMILES string of the molecule is CCNC(Cc1c(Br)c(CC)nn1CC)CC(C)(C)C. The second-order valence-electron chi connectivity index (χ2n) is 6.60. The number of hydrogen-bond acceptors (Lipinski definition) is 2. The van der Waals surface area contributed by atoms with Crippen LogP contribution < -0.4 is 5.32 Å². The van der Waals surface area contributed by atoms with Gasteiger partial charge < -0.3 is 5.32 Å². The molecule has 116 valence electrons. The lowest BCUT2D eigenvalue weighted by Crippen LogP contribution is -2.35. The Balaban J connectivity index is 2.95. The highest BCUT2D eigenvalue weighted by Crippen LogP contribution is 2.27. The molecule has 0 spiro atoms. The Morgan fingerprint density at radius 1 is 1.25 bits per heavy atom. The number of nitrogens with one attached hydrogen (secondary N) is 1.